The van der Waals surface area contributed by atoms with Crippen LogP contribution in [0.15, 0.2) is 67.3 Å². The predicted octanol–water partition coefficient (Wildman–Crippen LogP) is 6.46. The number of halogens is 4. The van der Waals surface area contributed by atoms with Crippen molar-refractivity contribution in [1.82, 2.24) is 34.0 Å². The standard InChI is InChI=1S/C29H24ClF3N8/c30-23-6-5-20(14-22(23)29(31,32)33)41-27-21-13-18(3-7-24(21)35-16-25(27)40-17-37-38-28(40)41)19-4-8-26(36-15-19)34-9-12-39-10-1-2-11-39/h3-8,13-17H,1-2,9-12H2,(H,34,36). The molecule has 2 aromatic carbocycles. The Hall–Kier alpha value is -4.22. The zero-order valence-electron chi connectivity index (χ0n) is 21.7. The van der Waals surface area contributed by atoms with Crippen LogP contribution in [0.1, 0.15) is 18.4 Å². The molecule has 0 unspecified atom stereocenters. The summed E-state index contributed by atoms with van der Waals surface area (Å²) < 4.78 is 44.6. The molecule has 41 heavy (non-hydrogen) atoms. The maximum absolute atomic E-state index is 13.8. The van der Waals surface area contributed by atoms with Crippen LogP contribution in [0.3, 0.4) is 0 Å². The molecule has 208 valence electrons. The summed E-state index contributed by atoms with van der Waals surface area (Å²) in [5.41, 5.74) is 3.16. The number of imidazole rings is 1. The van der Waals surface area contributed by atoms with Gasteiger partial charge in [0.2, 0.25) is 5.78 Å². The van der Waals surface area contributed by atoms with Gasteiger partial charge in [-0.1, -0.05) is 17.7 Å². The third-order valence-corrected chi connectivity index (χ3v) is 7.91. The summed E-state index contributed by atoms with van der Waals surface area (Å²) in [5, 5.41) is 12.0. The number of likely N-dealkylation sites (tertiary alicyclic amines) is 1. The Balaban J connectivity index is 1.30. The molecular formula is C29H24ClF3N8. The molecule has 1 saturated heterocycles. The number of aromatic nitrogens is 6. The number of anilines is 1. The first-order valence-corrected chi connectivity index (χ1v) is 13.7. The first-order chi connectivity index (χ1) is 19.9. The van der Waals surface area contributed by atoms with E-state index in [1.807, 2.05) is 36.5 Å². The second-order valence-electron chi connectivity index (χ2n) is 10.1. The van der Waals surface area contributed by atoms with Crippen LogP contribution in [0, 0.1) is 0 Å². The Kier molecular flexibility index (Phi) is 6.28. The number of alkyl halides is 3. The molecule has 1 aliphatic rings. The summed E-state index contributed by atoms with van der Waals surface area (Å²) in [5.74, 6) is 1.17. The smallest absolute Gasteiger partial charge is 0.369 e. The van der Waals surface area contributed by atoms with Crippen LogP contribution in [-0.4, -0.2) is 60.2 Å². The zero-order valence-corrected chi connectivity index (χ0v) is 22.5. The molecular weight excluding hydrogens is 553 g/mol. The van der Waals surface area contributed by atoms with E-state index in [2.05, 4.69) is 30.4 Å². The Bertz CT molecular complexity index is 1890. The number of fused-ring (bicyclic) bond motifs is 5. The lowest BCUT2D eigenvalue weighted by Gasteiger charge is -2.15. The van der Waals surface area contributed by atoms with Gasteiger partial charge in [0.1, 0.15) is 12.1 Å². The molecule has 12 heteroatoms. The molecule has 0 amide bonds. The normalized spacial score (nSPS) is 14.5. The zero-order chi connectivity index (χ0) is 28.1. The number of nitrogens with one attached hydrogen (secondary N) is 1. The number of hydrogen-bond acceptors (Lipinski definition) is 6. The largest absolute Gasteiger partial charge is 0.417 e. The number of rotatable bonds is 6. The van der Waals surface area contributed by atoms with Gasteiger partial charge in [0.15, 0.2) is 0 Å². The van der Waals surface area contributed by atoms with E-state index in [1.54, 1.807) is 21.2 Å². The van der Waals surface area contributed by atoms with Gasteiger partial charge in [-0.3, -0.25) is 14.0 Å². The van der Waals surface area contributed by atoms with Gasteiger partial charge in [0.05, 0.1) is 33.3 Å². The molecule has 0 saturated carbocycles. The molecule has 1 aliphatic heterocycles. The molecule has 7 rings (SSSR count). The lowest BCUT2D eigenvalue weighted by molar-refractivity contribution is -0.137. The molecule has 0 spiro atoms. The average Bonchev–Trinajstić information content (AvgIpc) is 3.71. The van der Waals surface area contributed by atoms with E-state index in [9.17, 15) is 13.2 Å². The van der Waals surface area contributed by atoms with E-state index >= 15 is 0 Å². The first kappa shape index (κ1) is 25.7. The molecule has 1 fully saturated rings. The van der Waals surface area contributed by atoms with E-state index in [1.165, 1.54) is 25.2 Å². The van der Waals surface area contributed by atoms with Crippen LogP contribution in [0.2, 0.25) is 5.02 Å². The molecule has 0 bridgehead atoms. The van der Waals surface area contributed by atoms with Crippen molar-refractivity contribution in [3.63, 3.8) is 0 Å². The molecule has 0 atom stereocenters. The van der Waals surface area contributed by atoms with Crippen molar-refractivity contribution in [2.24, 2.45) is 0 Å². The van der Waals surface area contributed by atoms with Crippen LogP contribution in [-0.2, 0) is 6.18 Å². The number of nitrogens with zero attached hydrogens (tertiary/aromatic N) is 7. The summed E-state index contributed by atoms with van der Waals surface area (Å²) in [6.07, 6.45) is 2.93. The number of pyridine rings is 2. The van der Waals surface area contributed by atoms with Crippen LogP contribution < -0.4 is 5.32 Å². The summed E-state index contributed by atoms with van der Waals surface area (Å²) in [4.78, 5) is 11.7. The second kappa shape index (κ2) is 10.0. The van der Waals surface area contributed by atoms with Crippen LogP contribution >= 0.6 is 11.6 Å². The van der Waals surface area contributed by atoms with E-state index < -0.39 is 11.7 Å². The van der Waals surface area contributed by atoms with Crippen molar-refractivity contribution in [3.05, 3.63) is 77.8 Å². The highest BCUT2D eigenvalue weighted by atomic mass is 35.5. The number of benzene rings is 2. The third-order valence-electron chi connectivity index (χ3n) is 7.58. The van der Waals surface area contributed by atoms with E-state index in [0.29, 0.717) is 22.3 Å². The monoisotopic (exact) mass is 576 g/mol. The Morgan fingerprint density at radius 2 is 1.76 bits per heavy atom. The van der Waals surface area contributed by atoms with Crippen molar-refractivity contribution in [1.29, 1.82) is 0 Å². The Labute approximate surface area is 237 Å². The third kappa shape index (κ3) is 4.64. The van der Waals surface area contributed by atoms with Gasteiger partial charge in [-0.05, 0) is 74.0 Å². The van der Waals surface area contributed by atoms with Gasteiger partial charge >= 0.3 is 6.18 Å². The topological polar surface area (TPSA) is 76.2 Å². The highest BCUT2D eigenvalue weighted by Gasteiger charge is 2.34. The van der Waals surface area contributed by atoms with Gasteiger partial charge in [0.25, 0.3) is 0 Å². The summed E-state index contributed by atoms with van der Waals surface area (Å²) in [6, 6.07) is 13.6. The molecule has 1 N–H and O–H groups in total. The molecule has 0 aliphatic carbocycles. The van der Waals surface area contributed by atoms with Crippen molar-refractivity contribution < 1.29 is 13.2 Å². The fourth-order valence-corrected chi connectivity index (χ4v) is 5.77. The lowest BCUT2D eigenvalue weighted by Crippen LogP contribution is -2.26. The van der Waals surface area contributed by atoms with Crippen molar-refractivity contribution >= 4 is 45.1 Å². The summed E-state index contributed by atoms with van der Waals surface area (Å²) in [6.45, 7) is 4.14. The maximum Gasteiger partial charge on any atom is 0.417 e. The van der Waals surface area contributed by atoms with Crippen LogP contribution in [0.4, 0.5) is 19.0 Å². The predicted molar refractivity (Wildman–Crippen MR) is 153 cm³/mol. The molecule has 6 aromatic rings. The first-order valence-electron chi connectivity index (χ1n) is 13.3. The fraction of sp³-hybridized carbons (Fsp3) is 0.241. The minimum atomic E-state index is -4.61. The van der Waals surface area contributed by atoms with Gasteiger partial charge in [-0.25, -0.2) is 4.98 Å². The summed E-state index contributed by atoms with van der Waals surface area (Å²) in [7, 11) is 0. The van der Waals surface area contributed by atoms with Crippen molar-refractivity contribution in [3.8, 4) is 16.8 Å². The maximum atomic E-state index is 13.8. The quantitative estimate of drug-likeness (QED) is 0.245. The minimum absolute atomic E-state index is 0.263. The number of hydrogen-bond donors (Lipinski definition) is 1. The van der Waals surface area contributed by atoms with Crippen molar-refractivity contribution in [2.75, 3.05) is 31.5 Å². The second-order valence-corrected chi connectivity index (χ2v) is 10.5. The van der Waals surface area contributed by atoms with Crippen molar-refractivity contribution in [2.45, 2.75) is 19.0 Å². The van der Waals surface area contributed by atoms with Gasteiger partial charge in [0, 0.05) is 35.9 Å². The molecule has 5 heterocycles. The fourth-order valence-electron chi connectivity index (χ4n) is 5.54. The van der Waals surface area contributed by atoms with Gasteiger partial charge in [-0.15, -0.1) is 10.2 Å². The summed E-state index contributed by atoms with van der Waals surface area (Å²) >= 11 is 5.93. The van der Waals surface area contributed by atoms with E-state index in [4.69, 9.17) is 11.6 Å². The molecule has 0 radical (unpaired) electrons. The highest BCUT2D eigenvalue weighted by molar-refractivity contribution is 6.31. The average molecular weight is 577 g/mol. The van der Waals surface area contributed by atoms with Crippen LogP contribution in [0.25, 0.3) is 44.5 Å². The van der Waals surface area contributed by atoms with Crippen LogP contribution in [0.5, 0.6) is 0 Å². The highest BCUT2D eigenvalue weighted by Crippen LogP contribution is 2.38. The van der Waals surface area contributed by atoms with Gasteiger partial charge < -0.3 is 10.2 Å². The molecule has 4 aromatic heterocycles. The Morgan fingerprint density at radius 1 is 0.927 bits per heavy atom. The van der Waals surface area contributed by atoms with E-state index in [0.717, 1.165) is 54.6 Å². The SMILES string of the molecule is FC(F)(F)c1cc(-n2c3c4cc(-c5ccc(NCCN6CCCC6)nc5)ccc4ncc3n3cnnc23)ccc1Cl. The minimum Gasteiger partial charge on any atom is -0.369 e. The van der Waals surface area contributed by atoms with Gasteiger partial charge in [-0.2, -0.15) is 13.2 Å². The Morgan fingerprint density at radius 3 is 2.54 bits per heavy atom. The molecule has 8 nitrogen and oxygen atoms in total. The van der Waals surface area contributed by atoms with E-state index in [-0.39, 0.29) is 10.7 Å². The lowest BCUT2D eigenvalue weighted by atomic mass is 10.0.